The quantitative estimate of drug-likeness (QED) is 0.255. The molecule has 0 spiro atoms. The van der Waals surface area contributed by atoms with Gasteiger partial charge in [-0.1, -0.05) is 55.8 Å². The van der Waals surface area contributed by atoms with Crippen LogP contribution in [0.2, 0.25) is 5.02 Å². The predicted octanol–water partition coefficient (Wildman–Crippen LogP) is 6.75. The first-order chi connectivity index (χ1) is 19.3. The van der Waals surface area contributed by atoms with Crippen LogP contribution in [0.3, 0.4) is 0 Å². The Balaban J connectivity index is 1.68. The number of nitrogens with one attached hydrogen (secondary N) is 1. The van der Waals surface area contributed by atoms with Crippen LogP contribution in [0.4, 0.5) is 0 Å². The molecule has 2 heterocycles. The number of aryl methyl sites for hydroxylation is 2. The van der Waals surface area contributed by atoms with E-state index in [9.17, 15) is 14.7 Å². The van der Waals surface area contributed by atoms with Crippen molar-refractivity contribution in [2.24, 2.45) is 0 Å². The topological polar surface area (TPSA) is 84.2 Å². The highest BCUT2D eigenvalue weighted by atomic mass is 35.5. The Hall–Kier alpha value is -3.26. The lowest BCUT2D eigenvalue weighted by atomic mass is 9.92. The molecule has 2 atom stereocenters. The summed E-state index contributed by atoms with van der Waals surface area (Å²) in [4.78, 5) is 32.8. The molecule has 2 aromatic heterocycles. The van der Waals surface area contributed by atoms with E-state index in [1.165, 1.54) is 11.3 Å². The van der Waals surface area contributed by atoms with E-state index in [0.717, 1.165) is 60.2 Å². The third-order valence-electron chi connectivity index (χ3n) is 7.74. The van der Waals surface area contributed by atoms with E-state index >= 15 is 0 Å². The van der Waals surface area contributed by atoms with E-state index < -0.39 is 6.10 Å². The van der Waals surface area contributed by atoms with Gasteiger partial charge in [-0.15, -0.1) is 11.3 Å². The second-order valence-corrected chi connectivity index (χ2v) is 11.7. The molecule has 8 heteroatoms. The molecule has 208 valence electrons. The first-order valence-electron chi connectivity index (χ1n) is 13.9. The zero-order valence-corrected chi connectivity index (χ0v) is 24.6. The number of rotatable bonds is 7. The van der Waals surface area contributed by atoms with Gasteiger partial charge >= 0.3 is 0 Å². The Morgan fingerprint density at radius 3 is 2.48 bits per heavy atom. The van der Waals surface area contributed by atoms with Gasteiger partial charge in [0.05, 0.1) is 28.6 Å². The van der Waals surface area contributed by atoms with Gasteiger partial charge in [0.2, 0.25) is 0 Å². The fourth-order valence-corrected chi connectivity index (χ4v) is 6.53. The Bertz CT molecular complexity index is 1570. The molecule has 2 aromatic carbocycles. The van der Waals surface area contributed by atoms with Crippen molar-refractivity contribution < 1.29 is 9.90 Å². The van der Waals surface area contributed by atoms with Crippen LogP contribution in [0.15, 0.2) is 58.7 Å². The van der Waals surface area contributed by atoms with E-state index in [1.807, 2.05) is 54.8 Å². The van der Waals surface area contributed by atoms with Crippen LogP contribution in [0.1, 0.15) is 66.7 Å². The van der Waals surface area contributed by atoms with Gasteiger partial charge in [-0.25, -0.2) is 4.98 Å². The van der Waals surface area contributed by atoms with Crippen molar-refractivity contribution in [3.63, 3.8) is 0 Å². The van der Waals surface area contributed by atoms with Crippen molar-refractivity contribution in [2.45, 2.75) is 71.4 Å². The number of pyridine rings is 1. The Morgan fingerprint density at radius 2 is 1.82 bits per heavy atom. The molecule has 1 aliphatic rings. The normalized spacial score (nSPS) is 17.1. The van der Waals surface area contributed by atoms with E-state index in [2.05, 4.69) is 19.2 Å². The van der Waals surface area contributed by atoms with Gasteiger partial charge in [0.25, 0.3) is 11.5 Å². The van der Waals surface area contributed by atoms with Crippen LogP contribution in [-0.4, -0.2) is 32.7 Å². The number of carbonyl (C=O) groups excluding carboxylic acids is 1. The zero-order valence-electron chi connectivity index (χ0n) is 23.0. The molecule has 1 aliphatic carbocycles. The number of carbonyl (C=O) groups is 1. The van der Waals surface area contributed by atoms with Crippen LogP contribution < -0.4 is 10.9 Å². The lowest BCUT2D eigenvalue weighted by molar-refractivity contribution is 0.0848. The van der Waals surface area contributed by atoms with Gasteiger partial charge in [-0.05, 0) is 74.8 Å². The highest BCUT2D eigenvalue weighted by Crippen LogP contribution is 2.31. The van der Waals surface area contributed by atoms with Gasteiger partial charge in [0, 0.05) is 27.7 Å². The number of hydrogen-bond acceptors (Lipinski definition) is 5. The minimum atomic E-state index is -0.408. The molecule has 40 heavy (non-hydrogen) atoms. The van der Waals surface area contributed by atoms with E-state index in [4.69, 9.17) is 16.6 Å². The number of halogens is 1. The molecule has 1 amide bonds. The van der Waals surface area contributed by atoms with Crippen LogP contribution in [0.25, 0.3) is 27.5 Å². The highest BCUT2D eigenvalue weighted by Gasteiger charge is 2.26. The average molecular weight is 576 g/mol. The summed E-state index contributed by atoms with van der Waals surface area (Å²) in [6.07, 6.45) is 4.07. The van der Waals surface area contributed by atoms with Crippen LogP contribution in [0.5, 0.6) is 0 Å². The molecular formula is C32H34ClN3O3S. The SMILES string of the molecule is CCc1cccc(CC)c1-n1c(C)c(C(=O)NC2CCCC(O)C2)cc(-c2nc(-c3ccc(Cl)cc3)cs2)c1=O. The summed E-state index contributed by atoms with van der Waals surface area (Å²) in [5.74, 6) is -0.242. The second kappa shape index (κ2) is 12.1. The second-order valence-electron chi connectivity index (χ2n) is 10.4. The van der Waals surface area contributed by atoms with Crippen molar-refractivity contribution >= 4 is 28.8 Å². The van der Waals surface area contributed by atoms with Gasteiger partial charge in [0.1, 0.15) is 5.01 Å². The number of aliphatic hydroxyl groups excluding tert-OH is 1. The molecule has 5 rings (SSSR count). The number of hydrogen-bond donors (Lipinski definition) is 2. The van der Waals surface area contributed by atoms with Crippen LogP contribution in [-0.2, 0) is 12.8 Å². The Morgan fingerprint density at radius 1 is 1.12 bits per heavy atom. The highest BCUT2D eigenvalue weighted by molar-refractivity contribution is 7.13. The lowest BCUT2D eigenvalue weighted by Gasteiger charge is -2.27. The monoisotopic (exact) mass is 575 g/mol. The lowest BCUT2D eigenvalue weighted by Crippen LogP contribution is -2.40. The van der Waals surface area contributed by atoms with Crippen molar-refractivity contribution in [1.82, 2.24) is 14.9 Å². The third kappa shape index (κ3) is 5.64. The molecule has 0 saturated heterocycles. The average Bonchev–Trinajstić information content (AvgIpc) is 3.43. The maximum Gasteiger partial charge on any atom is 0.265 e. The molecular weight excluding hydrogens is 542 g/mol. The number of amides is 1. The Kier molecular flexibility index (Phi) is 8.54. The van der Waals surface area contributed by atoms with Gasteiger partial charge in [0.15, 0.2) is 0 Å². The molecule has 6 nitrogen and oxygen atoms in total. The standard InChI is InChI=1S/C32H34ClN3O3S/c1-4-20-8-6-9-21(5-2)29(20)36-19(3)26(30(38)34-24-10-7-11-25(37)16-24)17-27(32(36)39)31-35-28(18-40-31)22-12-14-23(33)15-13-22/h6,8-9,12-15,17-18,24-25,37H,4-5,7,10-11,16H2,1-3H3,(H,34,38). The molecule has 1 saturated carbocycles. The molecule has 2 unspecified atom stereocenters. The molecule has 4 aromatic rings. The molecule has 0 radical (unpaired) electrons. The summed E-state index contributed by atoms with van der Waals surface area (Å²) in [6, 6.07) is 15.1. The number of aromatic nitrogens is 2. The number of para-hydroxylation sites is 1. The summed E-state index contributed by atoms with van der Waals surface area (Å²) in [7, 11) is 0. The van der Waals surface area contributed by atoms with Crippen molar-refractivity contribution in [3.8, 4) is 27.5 Å². The molecule has 0 bridgehead atoms. The van der Waals surface area contributed by atoms with Crippen LogP contribution >= 0.6 is 22.9 Å². The van der Waals surface area contributed by atoms with E-state index in [-0.39, 0.29) is 17.5 Å². The molecule has 1 fully saturated rings. The smallest absolute Gasteiger partial charge is 0.265 e. The van der Waals surface area contributed by atoms with Crippen LogP contribution in [0, 0.1) is 6.92 Å². The molecule has 2 N–H and O–H groups in total. The first kappa shape index (κ1) is 28.3. The number of benzene rings is 2. The van der Waals surface area contributed by atoms with Gasteiger partial charge in [-0.2, -0.15) is 0 Å². The first-order valence-corrected chi connectivity index (χ1v) is 15.1. The van der Waals surface area contributed by atoms with Crippen molar-refractivity contribution in [1.29, 1.82) is 0 Å². The third-order valence-corrected chi connectivity index (χ3v) is 8.86. The zero-order chi connectivity index (χ0) is 28.4. The largest absolute Gasteiger partial charge is 0.393 e. The number of thiazole rings is 1. The fraction of sp³-hybridized carbons (Fsp3) is 0.344. The predicted molar refractivity (Wildman–Crippen MR) is 163 cm³/mol. The van der Waals surface area contributed by atoms with E-state index in [0.29, 0.717) is 33.3 Å². The number of aliphatic hydroxyl groups is 1. The fourth-order valence-electron chi connectivity index (χ4n) is 5.57. The van der Waals surface area contributed by atoms with Crippen molar-refractivity contribution in [2.75, 3.05) is 0 Å². The summed E-state index contributed by atoms with van der Waals surface area (Å²) >= 11 is 7.45. The van der Waals surface area contributed by atoms with Gasteiger partial charge in [-0.3, -0.25) is 14.2 Å². The number of nitrogens with zero attached hydrogens (tertiary/aromatic N) is 2. The summed E-state index contributed by atoms with van der Waals surface area (Å²) in [5, 5.41) is 16.4. The van der Waals surface area contributed by atoms with E-state index in [1.54, 1.807) is 10.6 Å². The maximum atomic E-state index is 14.3. The molecule has 0 aliphatic heterocycles. The summed E-state index contributed by atoms with van der Waals surface area (Å²) in [6.45, 7) is 5.98. The minimum absolute atomic E-state index is 0.107. The Labute approximate surface area is 243 Å². The van der Waals surface area contributed by atoms with Gasteiger partial charge < -0.3 is 10.4 Å². The minimum Gasteiger partial charge on any atom is -0.393 e. The van der Waals surface area contributed by atoms with Crippen molar-refractivity contribution in [3.05, 3.63) is 91.7 Å². The maximum absolute atomic E-state index is 14.3. The summed E-state index contributed by atoms with van der Waals surface area (Å²) in [5.41, 5.74) is 5.79. The summed E-state index contributed by atoms with van der Waals surface area (Å²) < 4.78 is 1.71.